The molecular formula is C18H18ClNO6. The number of pyridine rings is 1. The molecule has 0 spiro atoms. The van der Waals surface area contributed by atoms with Gasteiger partial charge in [-0.1, -0.05) is 23.7 Å². The molecule has 0 aliphatic rings. The van der Waals surface area contributed by atoms with Gasteiger partial charge in [-0.15, -0.1) is 0 Å². The van der Waals surface area contributed by atoms with E-state index in [1.54, 1.807) is 24.3 Å². The minimum atomic E-state index is -1.19. The minimum Gasteiger partial charge on any atom is -0.507 e. The molecule has 0 fully saturated rings. The monoisotopic (exact) mass is 379 g/mol. The van der Waals surface area contributed by atoms with E-state index in [0.29, 0.717) is 16.3 Å². The zero-order valence-corrected chi connectivity index (χ0v) is 15.0. The van der Waals surface area contributed by atoms with Crippen LogP contribution >= 0.6 is 11.6 Å². The lowest BCUT2D eigenvalue weighted by molar-refractivity contribution is -0.141. The summed E-state index contributed by atoms with van der Waals surface area (Å²) in [6.45, 7) is 0.967. The minimum absolute atomic E-state index is 0.0652. The lowest BCUT2D eigenvalue weighted by Crippen LogP contribution is -2.30. The van der Waals surface area contributed by atoms with Gasteiger partial charge in [-0.25, -0.2) is 0 Å². The lowest BCUT2D eigenvalue weighted by Gasteiger charge is -2.20. The number of esters is 1. The normalized spacial score (nSPS) is 11.8. The van der Waals surface area contributed by atoms with E-state index in [0.717, 1.165) is 4.57 Å². The summed E-state index contributed by atoms with van der Waals surface area (Å²) >= 11 is 5.89. The first kappa shape index (κ1) is 19.5. The van der Waals surface area contributed by atoms with Gasteiger partial charge < -0.3 is 19.5 Å². The van der Waals surface area contributed by atoms with E-state index in [2.05, 4.69) is 0 Å². The Hall–Kier alpha value is -2.80. The van der Waals surface area contributed by atoms with Crippen LogP contribution < -0.4 is 5.56 Å². The van der Waals surface area contributed by atoms with E-state index < -0.39 is 30.0 Å². The Kier molecular flexibility index (Phi) is 6.05. The van der Waals surface area contributed by atoms with Gasteiger partial charge in [0.25, 0.3) is 5.56 Å². The number of carbonyl (C=O) groups excluding carboxylic acids is 1. The molecule has 7 nitrogen and oxygen atoms in total. The second kappa shape index (κ2) is 8.05. The fourth-order valence-electron chi connectivity index (χ4n) is 2.76. The molecule has 2 N–H and O–H groups in total. The summed E-state index contributed by atoms with van der Waals surface area (Å²) in [5.41, 5.74) is 0.128. The van der Waals surface area contributed by atoms with Crippen LogP contribution in [0, 0.1) is 6.92 Å². The maximum absolute atomic E-state index is 12.9. The third-order valence-electron chi connectivity index (χ3n) is 4.04. The summed E-state index contributed by atoms with van der Waals surface area (Å²) in [4.78, 5) is 35.8. The van der Waals surface area contributed by atoms with Gasteiger partial charge in [0.05, 0.1) is 19.1 Å². The predicted octanol–water partition coefficient (Wildman–Crippen LogP) is 2.30. The highest BCUT2D eigenvalue weighted by Gasteiger charge is 2.27. The van der Waals surface area contributed by atoms with Crippen molar-refractivity contribution in [3.8, 4) is 5.75 Å². The first-order chi connectivity index (χ1) is 12.2. The summed E-state index contributed by atoms with van der Waals surface area (Å²) in [7, 11) is 1.22. The summed E-state index contributed by atoms with van der Waals surface area (Å²) in [6.07, 6.45) is -0.197. The standard InChI is InChI=1S/C18H18ClNO6/c1-10-7-14(21)17(18(25)20(10)9-15(22)23)13(8-16(24)26-2)11-3-5-12(19)6-4-11/h3-7,13,21H,8-9H2,1-2H3,(H,22,23)/t13-/m1/s1. The Labute approximate surface area is 154 Å². The van der Waals surface area contributed by atoms with Crippen molar-refractivity contribution in [1.29, 1.82) is 0 Å². The van der Waals surface area contributed by atoms with Crippen molar-refractivity contribution in [1.82, 2.24) is 4.57 Å². The average Bonchev–Trinajstić information content (AvgIpc) is 2.58. The van der Waals surface area contributed by atoms with Gasteiger partial charge in [0.2, 0.25) is 0 Å². The fourth-order valence-corrected chi connectivity index (χ4v) is 2.89. The van der Waals surface area contributed by atoms with Gasteiger partial charge in [-0.2, -0.15) is 0 Å². The number of carboxylic acid groups (broad SMARTS) is 1. The molecule has 0 amide bonds. The van der Waals surface area contributed by atoms with Crippen molar-refractivity contribution in [3.63, 3.8) is 0 Å². The number of carbonyl (C=O) groups is 2. The summed E-state index contributed by atoms with van der Waals surface area (Å²) < 4.78 is 5.74. The molecule has 0 saturated carbocycles. The maximum Gasteiger partial charge on any atom is 0.323 e. The molecule has 1 aromatic heterocycles. The average molecular weight is 380 g/mol. The van der Waals surface area contributed by atoms with E-state index in [9.17, 15) is 19.5 Å². The Bertz CT molecular complexity index is 888. The first-order valence-corrected chi connectivity index (χ1v) is 8.09. The summed E-state index contributed by atoms with van der Waals surface area (Å²) in [5.74, 6) is -2.89. The zero-order valence-electron chi connectivity index (χ0n) is 14.2. The number of aromatic nitrogens is 1. The quantitative estimate of drug-likeness (QED) is 0.746. The van der Waals surface area contributed by atoms with Gasteiger partial charge in [-0.05, 0) is 30.7 Å². The Morgan fingerprint density at radius 2 is 1.88 bits per heavy atom. The van der Waals surface area contributed by atoms with Crippen LogP contribution in [-0.4, -0.2) is 33.8 Å². The van der Waals surface area contributed by atoms with E-state index in [1.165, 1.54) is 20.1 Å². The fraction of sp³-hybridized carbons (Fsp3) is 0.278. The van der Waals surface area contributed by atoms with Crippen molar-refractivity contribution in [2.24, 2.45) is 0 Å². The van der Waals surface area contributed by atoms with Crippen molar-refractivity contribution >= 4 is 23.5 Å². The molecule has 0 bridgehead atoms. The van der Waals surface area contributed by atoms with E-state index in [-0.39, 0.29) is 17.7 Å². The molecule has 138 valence electrons. The second-order valence-corrected chi connectivity index (χ2v) is 6.19. The summed E-state index contributed by atoms with van der Waals surface area (Å²) in [5, 5.41) is 19.9. The zero-order chi connectivity index (χ0) is 19.4. The molecule has 1 atom stereocenters. The van der Waals surface area contributed by atoms with E-state index in [4.69, 9.17) is 21.4 Å². The number of hydrogen-bond acceptors (Lipinski definition) is 5. The number of benzene rings is 1. The number of hydrogen-bond donors (Lipinski definition) is 2. The molecule has 0 radical (unpaired) electrons. The van der Waals surface area contributed by atoms with Gasteiger partial charge in [0, 0.05) is 16.6 Å². The third kappa shape index (κ3) is 4.23. The van der Waals surface area contributed by atoms with Gasteiger partial charge in [0.15, 0.2) is 0 Å². The molecule has 2 aromatic rings. The first-order valence-electron chi connectivity index (χ1n) is 7.72. The molecule has 1 aromatic carbocycles. The number of methoxy groups -OCH3 is 1. The number of rotatable bonds is 6. The molecular weight excluding hydrogens is 362 g/mol. The van der Waals surface area contributed by atoms with Crippen molar-refractivity contribution < 1.29 is 24.5 Å². The Morgan fingerprint density at radius 3 is 2.42 bits per heavy atom. The SMILES string of the molecule is COC(=O)C[C@H](c1ccc(Cl)cc1)c1c(O)cc(C)n(CC(=O)O)c1=O. The predicted molar refractivity (Wildman–Crippen MR) is 94.7 cm³/mol. The van der Waals surface area contributed by atoms with Crippen LogP contribution in [-0.2, 0) is 20.9 Å². The number of aryl methyl sites for hydroxylation is 1. The molecule has 8 heteroatoms. The van der Waals surface area contributed by atoms with Crippen LogP contribution in [0.1, 0.15) is 29.2 Å². The lowest BCUT2D eigenvalue weighted by atomic mass is 9.88. The van der Waals surface area contributed by atoms with Gasteiger partial charge in [0.1, 0.15) is 12.3 Å². The van der Waals surface area contributed by atoms with Gasteiger partial charge >= 0.3 is 11.9 Å². The highest BCUT2D eigenvalue weighted by molar-refractivity contribution is 6.30. The highest BCUT2D eigenvalue weighted by atomic mass is 35.5. The highest BCUT2D eigenvalue weighted by Crippen LogP contribution is 2.33. The number of aromatic hydroxyl groups is 1. The molecule has 2 rings (SSSR count). The molecule has 26 heavy (non-hydrogen) atoms. The molecule has 1 heterocycles. The number of carboxylic acids is 1. The molecule has 0 aliphatic heterocycles. The number of aliphatic carboxylic acids is 1. The van der Waals surface area contributed by atoms with E-state index in [1.807, 2.05) is 0 Å². The topological polar surface area (TPSA) is 106 Å². The van der Waals surface area contributed by atoms with Crippen molar-refractivity contribution in [2.45, 2.75) is 25.8 Å². The van der Waals surface area contributed by atoms with Crippen LogP contribution in [0.3, 0.4) is 0 Å². The molecule has 0 unspecified atom stereocenters. The van der Waals surface area contributed by atoms with Crippen LogP contribution in [0.25, 0.3) is 0 Å². The Balaban J connectivity index is 2.67. The molecule has 0 saturated heterocycles. The van der Waals surface area contributed by atoms with Crippen molar-refractivity contribution in [2.75, 3.05) is 7.11 Å². The van der Waals surface area contributed by atoms with E-state index >= 15 is 0 Å². The Morgan fingerprint density at radius 1 is 1.27 bits per heavy atom. The maximum atomic E-state index is 12.9. The van der Waals surface area contributed by atoms with Crippen LogP contribution in [0.2, 0.25) is 5.02 Å². The van der Waals surface area contributed by atoms with Crippen LogP contribution in [0.5, 0.6) is 5.75 Å². The number of halogens is 1. The van der Waals surface area contributed by atoms with Crippen LogP contribution in [0.15, 0.2) is 35.1 Å². The second-order valence-electron chi connectivity index (χ2n) is 5.75. The largest absolute Gasteiger partial charge is 0.507 e. The smallest absolute Gasteiger partial charge is 0.323 e. The number of nitrogens with zero attached hydrogens (tertiary/aromatic N) is 1. The van der Waals surface area contributed by atoms with Crippen LogP contribution in [0.4, 0.5) is 0 Å². The van der Waals surface area contributed by atoms with Crippen molar-refractivity contribution in [3.05, 3.63) is 62.5 Å². The molecule has 0 aliphatic carbocycles. The number of ether oxygens (including phenoxy) is 1. The van der Waals surface area contributed by atoms with Gasteiger partial charge in [-0.3, -0.25) is 14.4 Å². The third-order valence-corrected chi connectivity index (χ3v) is 4.29. The summed E-state index contributed by atoms with van der Waals surface area (Å²) in [6, 6.07) is 7.77.